The van der Waals surface area contributed by atoms with E-state index in [9.17, 15) is 5.11 Å². The number of hydrogen-bond donors (Lipinski definition) is 2. The van der Waals surface area contributed by atoms with Crippen molar-refractivity contribution in [3.05, 3.63) is 34.4 Å². The summed E-state index contributed by atoms with van der Waals surface area (Å²) in [6, 6.07) is 4.26. The fraction of sp³-hybridized carbons (Fsp3) is 0.500. The van der Waals surface area contributed by atoms with Crippen molar-refractivity contribution in [2.75, 3.05) is 0 Å². The molecule has 0 spiro atoms. The van der Waals surface area contributed by atoms with Crippen LogP contribution in [-0.2, 0) is 13.0 Å². The first-order valence-electron chi connectivity index (χ1n) is 5.21. The standard InChI is InChI=1S/C12H17NO/c1-8-5-6-9(7-14)10-3-2-4-11(13)12(8)10/h5-6,11,14H,2-4,7,13H2,1H3. The molecule has 0 radical (unpaired) electrons. The minimum Gasteiger partial charge on any atom is -0.392 e. The molecule has 1 atom stereocenters. The molecule has 1 unspecified atom stereocenters. The Morgan fingerprint density at radius 1 is 1.50 bits per heavy atom. The molecule has 14 heavy (non-hydrogen) atoms. The summed E-state index contributed by atoms with van der Waals surface area (Å²) in [4.78, 5) is 0. The number of benzene rings is 1. The Hall–Kier alpha value is -0.860. The summed E-state index contributed by atoms with van der Waals surface area (Å²) >= 11 is 0. The number of nitrogens with two attached hydrogens (primary N) is 1. The quantitative estimate of drug-likeness (QED) is 0.711. The van der Waals surface area contributed by atoms with Gasteiger partial charge in [-0.3, -0.25) is 0 Å². The van der Waals surface area contributed by atoms with E-state index in [-0.39, 0.29) is 12.6 Å². The minimum atomic E-state index is 0.134. The second kappa shape index (κ2) is 3.71. The molecule has 0 amide bonds. The maximum absolute atomic E-state index is 9.23. The normalized spacial score (nSPS) is 20.6. The molecule has 0 aliphatic heterocycles. The van der Waals surface area contributed by atoms with Crippen LogP contribution in [0.4, 0.5) is 0 Å². The van der Waals surface area contributed by atoms with Crippen molar-refractivity contribution >= 4 is 0 Å². The van der Waals surface area contributed by atoms with Crippen LogP contribution in [0.1, 0.15) is 41.1 Å². The highest BCUT2D eigenvalue weighted by Crippen LogP contribution is 2.32. The van der Waals surface area contributed by atoms with Crippen LogP contribution in [-0.4, -0.2) is 5.11 Å². The lowest BCUT2D eigenvalue weighted by Crippen LogP contribution is -2.20. The molecular weight excluding hydrogens is 174 g/mol. The predicted molar refractivity (Wildman–Crippen MR) is 57.0 cm³/mol. The SMILES string of the molecule is Cc1ccc(CO)c2c1C(N)CCC2. The van der Waals surface area contributed by atoms with Gasteiger partial charge < -0.3 is 10.8 Å². The summed E-state index contributed by atoms with van der Waals surface area (Å²) in [7, 11) is 0. The van der Waals surface area contributed by atoms with Crippen molar-refractivity contribution < 1.29 is 5.11 Å². The molecule has 2 nitrogen and oxygen atoms in total. The Kier molecular flexibility index (Phi) is 2.57. The Labute approximate surface area is 84.7 Å². The van der Waals surface area contributed by atoms with Crippen LogP contribution < -0.4 is 5.73 Å². The molecule has 3 N–H and O–H groups in total. The number of fused-ring (bicyclic) bond motifs is 1. The zero-order valence-electron chi connectivity index (χ0n) is 8.59. The zero-order chi connectivity index (χ0) is 10.1. The average molecular weight is 191 g/mol. The lowest BCUT2D eigenvalue weighted by atomic mass is 9.83. The minimum absolute atomic E-state index is 0.134. The van der Waals surface area contributed by atoms with Crippen molar-refractivity contribution in [2.24, 2.45) is 5.73 Å². The summed E-state index contributed by atoms with van der Waals surface area (Å²) in [6.45, 7) is 2.24. The molecule has 2 heteroatoms. The molecule has 1 aromatic rings. The van der Waals surface area contributed by atoms with Gasteiger partial charge in [-0.05, 0) is 48.4 Å². The predicted octanol–water partition coefficient (Wildman–Crippen LogP) is 1.82. The van der Waals surface area contributed by atoms with Gasteiger partial charge in [0.2, 0.25) is 0 Å². The molecule has 0 aromatic heterocycles. The van der Waals surface area contributed by atoms with Gasteiger partial charge in [0.1, 0.15) is 0 Å². The van der Waals surface area contributed by atoms with Crippen LogP contribution >= 0.6 is 0 Å². The van der Waals surface area contributed by atoms with Gasteiger partial charge in [0.05, 0.1) is 6.61 Å². The lowest BCUT2D eigenvalue weighted by Gasteiger charge is -2.26. The molecule has 0 fully saturated rings. The molecule has 1 aliphatic carbocycles. The van der Waals surface area contributed by atoms with Crippen molar-refractivity contribution in [3.8, 4) is 0 Å². The van der Waals surface area contributed by atoms with Gasteiger partial charge in [-0.25, -0.2) is 0 Å². The second-order valence-electron chi connectivity index (χ2n) is 4.09. The Balaban J connectivity index is 2.57. The number of hydrogen-bond acceptors (Lipinski definition) is 2. The van der Waals surface area contributed by atoms with Gasteiger partial charge in [-0.15, -0.1) is 0 Å². The average Bonchev–Trinajstić information content (AvgIpc) is 2.18. The van der Waals surface area contributed by atoms with E-state index in [0.29, 0.717) is 0 Å². The highest BCUT2D eigenvalue weighted by molar-refractivity contribution is 5.43. The first-order valence-corrected chi connectivity index (χ1v) is 5.21. The summed E-state index contributed by atoms with van der Waals surface area (Å²) in [6.07, 6.45) is 3.29. The van der Waals surface area contributed by atoms with Crippen LogP contribution in [0.15, 0.2) is 12.1 Å². The molecule has 1 aromatic carbocycles. The number of aryl methyl sites for hydroxylation is 1. The van der Waals surface area contributed by atoms with Crippen LogP contribution in [0.5, 0.6) is 0 Å². The fourth-order valence-electron chi connectivity index (χ4n) is 2.43. The van der Waals surface area contributed by atoms with E-state index in [2.05, 4.69) is 13.0 Å². The van der Waals surface area contributed by atoms with E-state index < -0.39 is 0 Å². The maximum Gasteiger partial charge on any atom is 0.0684 e. The van der Waals surface area contributed by atoms with E-state index in [1.54, 1.807) is 0 Å². The fourth-order valence-corrected chi connectivity index (χ4v) is 2.43. The van der Waals surface area contributed by atoms with Gasteiger partial charge in [0.25, 0.3) is 0 Å². The third-order valence-corrected chi connectivity index (χ3v) is 3.16. The van der Waals surface area contributed by atoms with Crippen LogP contribution in [0.2, 0.25) is 0 Å². The highest BCUT2D eigenvalue weighted by Gasteiger charge is 2.20. The lowest BCUT2D eigenvalue weighted by molar-refractivity contribution is 0.279. The molecule has 0 saturated carbocycles. The van der Waals surface area contributed by atoms with Gasteiger partial charge in [0, 0.05) is 6.04 Å². The highest BCUT2D eigenvalue weighted by atomic mass is 16.3. The van der Waals surface area contributed by atoms with Crippen LogP contribution in [0, 0.1) is 6.92 Å². The Morgan fingerprint density at radius 2 is 2.29 bits per heavy atom. The molecule has 76 valence electrons. The summed E-state index contributed by atoms with van der Waals surface area (Å²) < 4.78 is 0. The van der Waals surface area contributed by atoms with Gasteiger partial charge in [0.15, 0.2) is 0 Å². The van der Waals surface area contributed by atoms with Crippen LogP contribution in [0.25, 0.3) is 0 Å². The van der Waals surface area contributed by atoms with E-state index >= 15 is 0 Å². The van der Waals surface area contributed by atoms with Crippen molar-refractivity contribution in [2.45, 2.75) is 38.8 Å². The Morgan fingerprint density at radius 3 is 3.00 bits per heavy atom. The Bertz CT molecular complexity index is 346. The zero-order valence-corrected chi connectivity index (χ0v) is 8.59. The topological polar surface area (TPSA) is 46.2 Å². The third kappa shape index (κ3) is 1.45. The maximum atomic E-state index is 9.23. The van der Waals surface area contributed by atoms with Crippen molar-refractivity contribution in [1.82, 2.24) is 0 Å². The monoisotopic (exact) mass is 191 g/mol. The van der Waals surface area contributed by atoms with E-state index in [1.807, 2.05) is 6.07 Å². The van der Waals surface area contributed by atoms with Gasteiger partial charge in [-0.1, -0.05) is 12.1 Å². The van der Waals surface area contributed by atoms with Gasteiger partial charge >= 0.3 is 0 Å². The summed E-state index contributed by atoms with van der Waals surface area (Å²) in [5.41, 5.74) is 11.0. The van der Waals surface area contributed by atoms with Crippen molar-refractivity contribution in [1.29, 1.82) is 0 Å². The van der Waals surface area contributed by atoms with Crippen LogP contribution in [0.3, 0.4) is 0 Å². The van der Waals surface area contributed by atoms with E-state index in [4.69, 9.17) is 5.73 Å². The second-order valence-corrected chi connectivity index (χ2v) is 4.09. The first kappa shape index (κ1) is 9.69. The number of aliphatic hydroxyl groups is 1. The first-order chi connectivity index (χ1) is 6.74. The summed E-state index contributed by atoms with van der Waals surface area (Å²) in [5.74, 6) is 0. The molecule has 0 saturated heterocycles. The third-order valence-electron chi connectivity index (χ3n) is 3.16. The number of rotatable bonds is 1. The molecule has 0 bridgehead atoms. The smallest absolute Gasteiger partial charge is 0.0684 e. The summed E-state index contributed by atoms with van der Waals surface area (Å²) in [5, 5.41) is 9.23. The van der Waals surface area contributed by atoms with E-state index in [0.717, 1.165) is 24.8 Å². The largest absolute Gasteiger partial charge is 0.392 e. The van der Waals surface area contributed by atoms with E-state index in [1.165, 1.54) is 16.7 Å². The van der Waals surface area contributed by atoms with Gasteiger partial charge in [-0.2, -0.15) is 0 Å². The molecule has 2 rings (SSSR count). The molecular formula is C12H17NO. The molecule has 1 aliphatic rings. The molecule has 0 heterocycles. The van der Waals surface area contributed by atoms with Crippen molar-refractivity contribution in [3.63, 3.8) is 0 Å². The number of aliphatic hydroxyl groups excluding tert-OH is 1.